The number of hydrogen-bond donors (Lipinski definition) is 1. The molecule has 0 saturated heterocycles. The average Bonchev–Trinajstić information content (AvgIpc) is 2.30. The van der Waals surface area contributed by atoms with Crippen LogP contribution < -0.4 is 5.32 Å². The molecule has 0 amide bonds. The Labute approximate surface area is 92.8 Å². The Morgan fingerprint density at radius 1 is 1.69 bits per heavy atom. The van der Waals surface area contributed by atoms with Gasteiger partial charge in [0.1, 0.15) is 5.56 Å². The Bertz CT molecular complexity index is 449. The van der Waals surface area contributed by atoms with Crippen molar-refractivity contribution in [2.75, 3.05) is 20.7 Å². The zero-order valence-electron chi connectivity index (χ0n) is 9.00. The average molecular weight is 222 g/mol. The quantitative estimate of drug-likeness (QED) is 0.452. The van der Waals surface area contributed by atoms with Gasteiger partial charge in [0.05, 0.1) is 13.7 Å². The maximum absolute atomic E-state index is 13.1. The highest BCUT2D eigenvalue weighted by Crippen LogP contribution is 2.08. The molecule has 1 aromatic rings. The SMILES string of the molecule is CNCC#Cc1cnc(F)c(C(=O)OC)c1. The maximum atomic E-state index is 13.1. The lowest BCUT2D eigenvalue weighted by atomic mass is 10.2. The van der Waals surface area contributed by atoms with Crippen LogP contribution in [0.1, 0.15) is 15.9 Å². The summed E-state index contributed by atoms with van der Waals surface area (Å²) in [5, 5.41) is 2.84. The molecule has 1 N–H and O–H groups in total. The molecule has 0 aliphatic heterocycles. The highest BCUT2D eigenvalue weighted by atomic mass is 19.1. The van der Waals surface area contributed by atoms with Crippen LogP contribution in [0.15, 0.2) is 12.3 Å². The molecule has 84 valence electrons. The molecule has 0 unspecified atom stereocenters. The number of pyridine rings is 1. The van der Waals surface area contributed by atoms with E-state index in [1.807, 2.05) is 0 Å². The molecule has 0 aliphatic rings. The Balaban J connectivity index is 2.99. The number of esters is 1. The summed E-state index contributed by atoms with van der Waals surface area (Å²) in [6.07, 6.45) is 1.27. The number of nitrogens with one attached hydrogen (secondary N) is 1. The first-order valence-electron chi connectivity index (χ1n) is 4.56. The van der Waals surface area contributed by atoms with Crippen LogP contribution in [0.4, 0.5) is 4.39 Å². The van der Waals surface area contributed by atoms with Crippen LogP contribution in [0, 0.1) is 17.8 Å². The van der Waals surface area contributed by atoms with Gasteiger partial charge in [-0.2, -0.15) is 4.39 Å². The summed E-state index contributed by atoms with van der Waals surface area (Å²) < 4.78 is 17.5. The van der Waals surface area contributed by atoms with Crippen molar-refractivity contribution >= 4 is 5.97 Å². The molecule has 1 heterocycles. The normalized spacial score (nSPS) is 9.19. The number of nitrogens with zero attached hydrogens (tertiary/aromatic N) is 1. The molecule has 0 fully saturated rings. The van der Waals surface area contributed by atoms with E-state index in [2.05, 4.69) is 26.9 Å². The van der Waals surface area contributed by atoms with E-state index in [1.54, 1.807) is 7.05 Å². The number of carbonyl (C=O) groups excluding carboxylic acids is 1. The largest absolute Gasteiger partial charge is 0.465 e. The lowest BCUT2D eigenvalue weighted by Gasteiger charge is -2.00. The van der Waals surface area contributed by atoms with E-state index in [0.29, 0.717) is 12.1 Å². The third-order valence-electron chi connectivity index (χ3n) is 1.74. The zero-order chi connectivity index (χ0) is 12.0. The Hall–Kier alpha value is -1.93. The molecule has 0 saturated carbocycles. The summed E-state index contributed by atoms with van der Waals surface area (Å²) >= 11 is 0. The molecular formula is C11H11FN2O2. The number of rotatable bonds is 2. The smallest absolute Gasteiger partial charge is 0.342 e. The molecular weight excluding hydrogens is 211 g/mol. The summed E-state index contributed by atoms with van der Waals surface area (Å²) in [5.41, 5.74) is 0.260. The molecule has 1 aromatic heterocycles. The molecule has 5 heteroatoms. The van der Waals surface area contributed by atoms with Gasteiger partial charge in [0, 0.05) is 11.8 Å². The second kappa shape index (κ2) is 5.83. The van der Waals surface area contributed by atoms with E-state index in [9.17, 15) is 9.18 Å². The predicted molar refractivity (Wildman–Crippen MR) is 56.3 cm³/mol. The minimum absolute atomic E-state index is 0.209. The Morgan fingerprint density at radius 2 is 2.44 bits per heavy atom. The number of carbonyl (C=O) groups is 1. The van der Waals surface area contributed by atoms with E-state index < -0.39 is 11.9 Å². The van der Waals surface area contributed by atoms with Crippen molar-refractivity contribution in [1.82, 2.24) is 10.3 Å². The first-order valence-corrected chi connectivity index (χ1v) is 4.56. The summed E-state index contributed by atoms with van der Waals surface area (Å²) in [6.45, 7) is 0.505. The van der Waals surface area contributed by atoms with Crippen molar-refractivity contribution in [3.05, 3.63) is 29.3 Å². The first kappa shape index (κ1) is 12.1. The lowest BCUT2D eigenvalue weighted by Crippen LogP contribution is -2.07. The van der Waals surface area contributed by atoms with Crippen LogP contribution in [-0.2, 0) is 4.74 Å². The van der Waals surface area contributed by atoms with E-state index in [0.717, 1.165) is 0 Å². The van der Waals surface area contributed by atoms with E-state index in [4.69, 9.17) is 0 Å². The fourth-order valence-corrected chi connectivity index (χ4v) is 1.00. The fraction of sp³-hybridized carbons (Fsp3) is 0.273. The topological polar surface area (TPSA) is 51.2 Å². The third-order valence-corrected chi connectivity index (χ3v) is 1.74. The molecule has 1 rings (SSSR count). The molecule has 0 aliphatic carbocycles. The van der Waals surface area contributed by atoms with Gasteiger partial charge in [0.25, 0.3) is 0 Å². The molecule has 4 nitrogen and oxygen atoms in total. The van der Waals surface area contributed by atoms with Crippen LogP contribution >= 0.6 is 0 Å². The maximum Gasteiger partial charge on any atom is 0.342 e. The number of aromatic nitrogens is 1. The van der Waals surface area contributed by atoms with Crippen molar-refractivity contribution < 1.29 is 13.9 Å². The van der Waals surface area contributed by atoms with Crippen molar-refractivity contribution in [3.8, 4) is 11.8 Å². The monoisotopic (exact) mass is 222 g/mol. The Kier molecular flexibility index (Phi) is 4.42. The van der Waals surface area contributed by atoms with Gasteiger partial charge < -0.3 is 10.1 Å². The summed E-state index contributed by atoms with van der Waals surface area (Å²) in [5.74, 6) is 3.90. The number of hydrogen-bond acceptors (Lipinski definition) is 4. The molecule has 0 radical (unpaired) electrons. The number of methoxy groups -OCH3 is 1. The second-order valence-electron chi connectivity index (χ2n) is 2.89. The minimum atomic E-state index is -0.856. The van der Waals surface area contributed by atoms with E-state index in [1.165, 1.54) is 19.4 Å². The van der Waals surface area contributed by atoms with Crippen molar-refractivity contribution in [3.63, 3.8) is 0 Å². The summed E-state index contributed by atoms with van der Waals surface area (Å²) in [4.78, 5) is 14.6. The minimum Gasteiger partial charge on any atom is -0.465 e. The Morgan fingerprint density at radius 3 is 3.06 bits per heavy atom. The van der Waals surface area contributed by atoms with Crippen LogP contribution in [0.3, 0.4) is 0 Å². The number of ether oxygens (including phenoxy) is 1. The van der Waals surface area contributed by atoms with Crippen molar-refractivity contribution in [2.24, 2.45) is 0 Å². The fourth-order valence-electron chi connectivity index (χ4n) is 1.00. The molecule has 16 heavy (non-hydrogen) atoms. The summed E-state index contributed by atoms with van der Waals surface area (Å²) in [6, 6.07) is 1.32. The standard InChI is InChI=1S/C11H11FN2O2/c1-13-5-3-4-8-6-9(11(15)16-2)10(12)14-7-8/h6-7,13H,5H2,1-2H3. The molecule has 0 spiro atoms. The summed E-state index contributed by atoms with van der Waals surface area (Å²) in [7, 11) is 2.94. The molecule has 0 aromatic carbocycles. The molecule has 0 atom stereocenters. The molecule has 0 bridgehead atoms. The van der Waals surface area contributed by atoms with Crippen molar-refractivity contribution in [2.45, 2.75) is 0 Å². The van der Waals surface area contributed by atoms with Gasteiger partial charge in [-0.1, -0.05) is 11.8 Å². The lowest BCUT2D eigenvalue weighted by molar-refractivity contribution is 0.0594. The van der Waals surface area contributed by atoms with E-state index in [-0.39, 0.29) is 5.56 Å². The number of halogens is 1. The van der Waals surface area contributed by atoms with Gasteiger partial charge in [-0.3, -0.25) is 0 Å². The van der Waals surface area contributed by atoms with Gasteiger partial charge in [0.15, 0.2) is 0 Å². The van der Waals surface area contributed by atoms with Gasteiger partial charge >= 0.3 is 5.97 Å². The van der Waals surface area contributed by atoms with Gasteiger partial charge in [-0.25, -0.2) is 9.78 Å². The highest BCUT2D eigenvalue weighted by molar-refractivity contribution is 5.89. The van der Waals surface area contributed by atoms with Gasteiger partial charge in [0.2, 0.25) is 5.95 Å². The van der Waals surface area contributed by atoms with E-state index >= 15 is 0 Å². The second-order valence-corrected chi connectivity index (χ2v) is 2.89. The third kappa shape index (κ3) is 3.04. The van der Waals surface area contributed by atoms with Crippen LogP contribution in [0.25, 0.3) is 0 Å². The van der Waals surface area contributed by atoms with Crippen LogP contribution in [0.5, 0.6) is 0 Å². The zero-order valence-corrected chi connectivity index (χ0v) is 9.00. The predicted octanol–water partition coefficient (Wildman–Crippen LogP) is 0.578. The van der Waals surface area contributed by atoms with Crippen LogP contribution in [-0.4, -0.2) is 31.7 Å². The van der Waals surface area contributed by atoms with Gasteiger partial charge in [-0.05, 0) is 13.1 Å². The first-order chi connectivity index (χ1) is 7.69. The van der Waals surface area contributed by atoms with Gasteiger partial charge in [-0.15, -0.1) is 0 Å². The van der Waals surface area contributed by atoms with Crippen LogP contribution in [0.2, 0.25) is 0 Å². The highest BCUT2D eigenvalue weighted by Gasteiger charge is 2.13. The van der Waals surface area contributed by atoms with Crippen molar-refractivity contribution in [1.29, 1.82) is 0 Å².